The molecule has 0 saturated heterocycles. The van der Waals surface area contributed by atoms with Crippen molar-refractivity contribution in [3.05, 3.63) is 78.0 Å². The summed E-state index contributed by atoms with van der Waals surface area (Å²) in [6, 6.07) is 21.5. The van der Waals surface area contributed by atoms with Gasteiger partial charge in [-0.3, -0.25) is 4.98 Å². The minimum atomic E-state index is 0.288. The maximum atomic E-state index is 4.59. The van der Waals surface area contributed by atoms with Crippen molar-refractivity contribution < 1.29 is 0 Å². The van der Waals surface area contributed by atoms with Crippen molar-refractivity contribution in [2.24, 2.45) is 0 Å². The molecule has 0 saturated carbocycles. The number of fused-ring (bicyclic) bond motifs is 1. The summed E-state index contributed by atoms with van der Waals surface area (Å²) in [7, 11) is 0. The van der Waals surface area contributed by atoms with E-state index in [4.69, 9.17) is 0 Å². The van der Waals surface area contributed by atoms with Crippen molar-refractivity contribution in [2.75, 3.05) is 6.54 Å². The van der Waals surface area contributed by atoms with E-state index < -0.39 is 0 Å². The number of pyridine rings is 1. The summed E-state index contributed by atoms with van der Waals surface area (Å²) in [5.41, 5.74) is 3.72. The SMILES string of the molecule is CCNC(Cc1ccccc1)c1cccc2cccnc12. The Bertz CT molecular complexity index is 702. The number of hydrogen-bond acceptors (Lipinski definition) is 2. The van der Waals surface area contributed by atoms with Crippen LogP contribution in [0.1, 0.15) is 24.1 Å². The summed E-state index contributed by atoms with van der Waals surface area (Å²) in [5, 5.41) is 4.80. The molecule has 2 aromatic carbocycles. The van der Waals surface area contributed by atoms with Gasteiger partial charge < -0.3 is 5.32 Å². The van der Waals surface area contributed by atoms with Crippen LogP contribution in [0.3, 0.4) is 0 Å². The van der Waals surface area contributed by atoms with Crippen LogP contribution < -0.4 is 5.32 Å². The Balaban J connectivity index is 1.99. The first-order valence-electron chi connectivity index (χ1n) is 7.49. The Morgan fingerprint density at radius 2 is 1.76 bits per heavy atom. The molecule has 1 unspecified atom stereocenters. The van der Waals surface area contributed by atoms with E-state index in [-0.39, 0.29) is 6.04 Å². The van der Waals surface area contributed by atoms with Gasteiger partial charge in [0.15, 0.2) is 0 Å². The van der Waals surface area contributed by atoms with Gasteiger partial charge >= 0.3 is 0 Å². The standard InChI is InChI=1S/C19H20N2/c1-2-20-18(14-15-8-4-3-5-9-15)17-12-6-10-16-11-7-13-21-19(16)17/h3-13,18,20H,2,14H2,1H3. The van der Waals surface area contributed by atoms with E-state index in [1.807, 2.05) is 12.3 Å². The Morgan fingerprint density at radius 3 is 2.57 bits per heavy atom. The number of nitrogens with one attached hydrogen (secondary N) is 1. The maximum Gasteiger partial charge on any atom is 0.0749 e. The fraction of sp³-hybridized carbons (Fsp3) is 0.211. The van der Waals surface area contributed by atoms with Gasteiger partial charge in [0, 0.05) is 17.6 Å². The lowest BCUT2D eigenvalue weighted by atomic mass is 9.96. The minimum Gasteiger partial charge on any atom is -0.310 e. The predicted molar refractivity (Wildman–Crippen MR) is 88.3 cm³/mol. The fourth-order valence-corrected chi connectivity index (χ4v) is 2.80. The lowest BCUT2D eigenvalue weighted by Gasteiger charge is -2.20. The van der Waals surface area contributed by atoms with Crippen molar-refractivity contribution in [2.45, 2.75) is 19.4 Å². The van der Waals surface area contributed by atoms with Crippen molar-refractivity contribution in [1.29, 1.82) is 0 Å². The number of para-hydroxylation sites is 1. The van der Waals surface area contributed by atoms with Crippen LogP contribution in [0.5, 0.6) is 0 Å². The molecule has 0 fully saturated rings. The zero-order chi connectivity index (χ0) is 14.5. The van der Waals surface area contributed by atoms with Crippen LogP contribution in [0.2, 0.25) is 0 Å². The van der Waals surface area contributed by atoms with E-state index >= 15 is 0 Å². The second-order valence-electron chi connectivity index (χ2n) is 5.22. The molecule has 0 aliphatic heterocycles. The largest absolute Gasteiger partial charge is 0.310 e. The third-order valence-corrected chi connectivity index (χ3v) is 3.77. The molecule has 0 radical (unpaired) electrons. The molecule has 3 aromatic rings. The molecule has 1 N–H and O–H groups in total. The van der Waals surface area contributed by atoms with Crippen molar-refractivity contribution in [3.63, 3.8) is 0 Å². The van der Waals surface area contributed by atoms with E-state index in [1.54, 1.807) is 0 Å². The second-order valence-corrected chi connectivity index (χ2v) is 5.22. The molecule has 0 amide bonds. The molecule has 21 heavy (non-hydrogen) atoms. The molecule has 2 heteroatoms. The summed E-state index contributed by atoms with van der Waals surface area (Å²) < 4.78 is 0. The Hall–Kier alpha value is -2.19. The van der Waals surface area contributed by atoms with E-state index in [1.165, 1.54) is 16.5 Å². The van der Waals surface area contributed by atoms with Gasteiger partial charge in [0.1, 0.15) is 0 Å². The monoisotopic (exact) mass is 276 g/mol. The quantitative estimate of drug-likeness (QED) is 0.758. The number of likely N-dealkylation sites (N-methyl/N-ethyl adjacent to an activating group) is 1. The minimum absolute atomic E-state index is 0.288. The number of nitrogens with zero attached hydrogens (tertiary/aromatic N) is 1. The average Bonchev–Trinajstić information content (AvgIpc) is 2.55. The third-order valence-electron chi connectivity index (χ3n) is 3.77. The number of hydrogen-bond donors (Lipinski definition) is 1. The highest BCUT2D eigenvalue weighted by Crippen LogP contribution is 2.25. The highest BCUT2D eigenvalue weighted by molar-refractivity contribution is 5.82. The molecule has 1 aromatic heterocycles. The molecule has 1 heterocycles. The average molecular weight is 276 g/mol. The fourth-order valence-electron chi connectivity index (χ4n) is 2.80. The lowest BCUT2D eigenvalue weighted by molar-refractivity contribution is 0.552. The Labute approximate surface area is 125 Å². The van der Waals surface area contributed by atoms with Crippen LogP contribution >= 0.6 is 0 Å². The summed E-state index contributed by atoms with van der Waals surface area (Å²) in [4.78, 5) is 4.59. The Morgan fingerprint density at radius 1 is 0.952 bits per heavy atom. The normalized spacial score (nSPS) is 12.4. The van der Waals surface area contributed by atoms with Crippen molar-refractivity contribution in [1.82, 2.24) is 10.3 Å². The highest BCUT2D eigenvalue weighted by atomic mass is 14.9. The number of benzene rings is 2. The third kappa shape index (κ3) is 3.11. The molecule has 0 spiro atoms. The van der Waals surface area contributed by atoms with Gasteiger partial charge in [-0.1, -0.05) is 61.5 Å². The number of aromatic nitrogens is 1. The summed E-state index contributed by atoms with van der Waals surface area (Å²) >= 11 is 0. The van der Waals surface area contributed by atoms with E-state index in [2.05, 4.69) is 71.8 Å². The zero-order valence-electron chi connectivity index (χ0n) is 12.3. The van der Waals surface area contributed by atoms with Crippen molar-refractivity contribution >= 4 is 10.9 Å². The van der Waals surface area contributed by atoms with Crippen LogP contribution in [0.4, 0.5) is 0 Å². The van der Waals surface area contributed by atoms with Crippen LogP contribution in [-0.4, -0.2) is 11.5 Å². The first kappa shape index (κ1) is 13.8. The topological polar surface area (TPSA) is 24.9 Å². The first-order chi connectivity index (χ1) is 10.4. The van der Waals surface area contributed by atoms with Crippen LogP contribution in [0.25, 0.3) is 10.9 Å². The van der Waals surface area contributed by atoms with Crippen molar-refractivity contribution in [3.8, 4) is 0 Å². The number of rotatable bonds is 5. The van der Waals surface area contributed by atoms with Gasteiger partial charge in [-0.2, -0.15) is 0 Å². The molecule has 1 atom stereocenters. The summed E-state index contributed by atoms with van der Waals surface area (Å²) in [6.07, 6.45) is 2.85. The van der Waals surface area contributed by atoms with Gasteiger partial charge in [0.05, 0.1) is 5.52 Å². The molecule has 0 bridgehead atoms. The maximum absolute atomic E-state index is 4.59. The van der Waals surface area contributed by atoms with Gasteiger partial charge in [-0.15, -0.1) is 0 Å². The smallest absolute Gasteiger partial charge is 0.0749 e. The Kier molecular flexibility index (Phi) is 4.27. The highest BCUT2D eigenvalue weighted by Gasteiger charge is 2.14. The van der Waals surface area contributed by atoms with Gasteiger partial charge in [0.25, 0.3) is 0 Å². The van der Waals surface area contributed by atoms with Crippen LogP contribution in [0, 0.1) is 0 Å². The molecule has 106 valence electrons. The van der Waals surface area contributed by atoms with E-state index in [0.29, 0.717) is 0 Å². The second kappa shape index (κ2) is 6.51. The zero-order valence-corrected chi connectivity index (χ0v) is 12.3. The predicted octanol–water partition coefficient (Wildman–Crippen LogP) is 4.13. The summed E-state index contributed by atoms with van der Waals surface area (Å²) in [5.74, 6) is 0. The molecule has 0 aliphatic carbocycles. The van der Waals surface area contributed by atoms with Crippen LogP contribution in [-0.2, 0) is 6.42 Å². The molecule has 0 aliphatic rings. The van der Waals surface area contributed by atoms with Crippen LogP contribution in [0.15, 0.2) is 66.9 Å². The molecular weight excluding hydrogens is 256 g/mol. The van der Waals surface area contributed by atoms with E-state index in [9.17, 15) is 0 Å². The lowest BCUT2D eigenvalue weighted by Crippen LogP contribution is -2.23. The molecular formula is C19H20N2. The van der Waals surface area contributed by atoms with Gasteiger partial charge in [-0.05, 0) is 30.2 Å². The van der Waals surface area contributed by atoms with E-state index in [0.717, 1.165) is 18.5 Å². The molecule has 2 nitrogen and oxygen atoms in total. The van der Waals surface area contributed by atoms with Gasteiger partial charge in [-0.25, -0.2) is 0 Å². The first-order valence-corrected chi connectivity index (χ1v) is 7.49. The van der Waals surface area contributed by atoms with Gasteiger partial charge in [0.2, 0.25) is 0 Å². The molecule has 3 rings (SSSR count). The summed E-state index contributed by atoms with van der Waals surface area (Å²) in [6.45, 7) is 3.09.